The van der Waals surface area contributed by atoms with E-state index in [1.54, 1.807) is 24.7 Å². The quantitative estimate of drug-likeness (QED) is 0.861. The summed E-state index contributed by atoms with van der Waals surface area (Å²) in [7, 11) is 0. The van der Waals surface area contributed by atoms with Crippen LogP contribution in [0.3, 0.4) is 0 Å². The first-order chi connectivity index (χ1) is 11.3. The molecule has 0 aliphatic carbocycles. The van der Waals surface area contributed by atoms with Crippen molar-refractivity contribution in [2.75, 3.05) is 18.4 Å². The van der Waals surface area contributed by atoms with E-state index in [2.05, 4.69) is 20.6 Å². The monoisotopic (exact) mass is 313 g/mol. The Bertz CT molecular complexity index is 694. The van der Waals surface area contributed by atoms with Gasteiger partial charge >= 0.3 is 0 Å². The van der Waals surface area contributed by atoms with Crippen LogP contribution < -0.4 is 10.6 Å². The number of hydrogen-bond acceptors (Lipinski definition) is 5. The Morgan fingerprint density at radius 3 is 3.04 bits per heavy atom. The van der Waals surface area contributed by atoms with E-state index in [9.17, 15) is 4.79 Å². The van der Waals surface area contributed by atoms with Gasteiger partial charge in [0.1, 0.15) is 11.4 Å². The molecule has 2 N–H and O–H groups in total. The fraction of sp³-hybridized carbons (Fsp3) is 0.438. The molecule has 1 spiro atoms. The van der Waals surface area contributed by atoms with Gasteiger partial charge in [0, 0.05) is 18.6 Å². The second-order valence-electron chi connectivity index (χ2n) is 5.98. The van der Waals surface area contributed by atoms with E-state index in [4.69, 9.17) is 4.74 Å². The molecule has 2 aliphatic rings. The summed E-state index contributed by atoms with van der Waals surface area (Å²) in [5.41, 5.74) is 0.209. The van der Waals surface area contributed by atoms with Crippen molar-refractivity contribution in [1.29, 1.82) is 0 Å². The molecule has 1 saturated heterocycles. The summed E-state index contributed by atoms with van der Waals surface area (Å²) in [6.45, 7) is 2.21. The average molecular weight is 313 g/mol. The van der Waals surface area contributed by atoms with Crippen molar-refractivity contribution >= 4 is 11.6 Å². The number of anilines is 1. The maximum absolute atomic E-state index is 12.6. The maximum atomic E-state index is 12.6. The van der Waals surface area contributed by atoms with Crippen LogP contribution in [-0.4, -0.2) is 39.6 Å². The summed E-state index contributed by atoms with van der Waals surface area (Å²) in [6.07, 6.45) is 8.12. The molecular weight excluding hydrogens is 294 g/mol. The van der Waals surface area contributed by atoms with E-state index in [0.717, 1.165) is 31.8 Å². The number of ether oxygens (including phenoxy) is 1. The molecule has 0 bridgehead atoms. The highest BCUT2D eigenvalue weighted by Crippen LogP contribution is 2.38. The van der Waals surface area contributed by atoms with Crippen LogP contribution in [0, 0.1) is 0 Å². The molecule has 0 saturated carbocycles. The highest BCUT2D eigenvalue weighted by molar-refractivity contribution is 5.94. The second kappa shape index (κ2) is 5.75. The molecule has 4 rings (SSSR count). The van der Waals surface area contributed by atoms with Crippen LogP contribution in [0.25, 0.3) is 0 Å². The Hall–Kier alpha value is -2.25. The lowest BCUT2D eigenvalue weighted by Gasteiger charge is -2.43. The largest absolute Gasteiger partial charge is 0.352 e. The fourth-order valence-corrected chi connectivity index (χ4v) is 3.36. The predicted molar refractivity (Wildman–Crippen MR) is 83.7 cm³/mol. The Labute approximate surface area is 134 Å². The van der Waals surface area contributed by atoms with E-state index < -0.39 is 11.7 Å². The molecule has 2 aromatic heterocycles. The third kappa shape index (κ3) is 2.62. The summed E-state index contributed by atoms with van der Waals surface area (Å²) in [5.74, 6) is 0.791. The van der Waals surface area contributed by atoms with Gasteiger partial charge in [0.05, 0.1) is 18.4 Å². The number of carbonyl (C=O) groups is 1. The number of pyridine rings is 1. The van der Waals surface area contributed by atoms with E-state index in [1.165, 1.54) is 0 Å². The first-order valence-corrected chi connectivity index (χ1v) is 7.88. The van der Waals surface area contributed by atoms with Crippen LogP contribution >= 0.6 is 0 Å². The van der Waals surface area contributed by atoms with Crippen LogP contribution in [-0.2, 0) is 21.7 Å². The summed E-state index contributed by atoms with van der Waals surface area (Å²) >= 11 is 0. The third-order valence-corrected chi connectivity index (χ3v) is 4.49. The maximum Gasteiger partial charge on any atom is 0.255 e. The lowest BCUT2D eigenvalue weighted by Crippen LogP contribution is -2.52. The number of piperidine rings is 1. The number of carbonyl (C=O) groups excluding carboxylic acids is 1. The smallest absolute Gasteiger partial charge is 0.255 e. The van der Waals surface area contributed by atoms with Crippen LogP contribution in [0.1, 0.15) is 18.7 Å². The molecule has 1 atom stereocenters. The summed E-state index contributed by atoms with van der Waals surface area (Å²) in [4.78, 5) is 21.1. The van der Waals surface area contributed by atoms with Crippen LogP contribution in [0.5, 0.6) is 0 Å². The lowest BCUT2D eigenvalue weighted by atomic mass is 9.89. The number of hydrogen-bond donors (Lipinski definition) is 2. The summed E-state index contributed by atoms with van der Waals surface area (Å²) in [6, 6.07) is 3.61. The van der Waals surface area contributed by atoms with Crippen molar-refractivity contribution in [3.05, 3.63) is 42.7 Å². The molecule has 7 heteroatoms. The zero-order chi connectivity index (χ0) is 15.7. The van der Waals surface area contributed by atoms with Crippen molar-refractivity contribution in [2.45, 2.75) is 31.1 Å². The summed E-state index contributed by atoms with van der Waals surface area (Å²) < 4.78 is 8.32. The molecule has 7 nitrogen and oxygen atoms in total. The van der Waals surface area contributed by atoms with Crippen molar-refractivity contribution < 1.29 is 9.53 Å². The van der Waals surface area contributed by atoms with E-state index in [0.29, 0.717) is 12.2 Å². The van der Waals surface area contributed by atoms with Gasteiger partial charge in [0.2, 0.25) is 0 Å². The van der Waals surface area contributed by atoms with Crippen LogP contribution in [0.4, 0.5) is 5.69 Å². The Balaban J connectivity index is 1.58. The topological polar surface area (TPSA) is 81.1 Å². The van der Waals surface area contributed by atoms with Crippen LogP contribution in [0.15, 0.2) is 36.9 Å². The van der Waals surface area contributed by atoms with Crippen LogP contribution in [0.2, 0.25) is 0 Å². The molecule has 2 aliphatic heterocycles. The van der Waals surface area contributed by atoms with E-state index >= 15 is 0 Å². The highest BCUT2D eigenvalue weighted by atomic mass is 16.5. The Morgan fingerprint density at radius 1 is 1.39 bits per heavy atom. The second-order valence-corrected chi connectivity index (χ2v) is 5.98. The minimum absolute atomic E-state index is 0.143. The number of rotatable bonds is 2. The van der Waals surface area contributed by atoms with Gasteiger partial charge in [-0.2, -0.15) is 0 Å². The zero-order valence-electron chi connectivity index (χ0n) is 12.7. The average Bonchev–Trinajstić information content (AvgIpc) is 3.06. The zero-order valence-corrected chi connectivity index (χ0v) is 12.7. The van der Waals surface area contributed by atoms with Crippen molar-refractivity contribution in [1.82, 2.24) is 19.9 Å². The van der Waals surface area contributed by atoms with Crippen molar-refractivity contribution in [2.24, 2.45) is 0 Å². The highest BCUT2D eigenvalue weighted by Gasteiger charge is 2.45. The van der Waals surface area contributed by atoms with Gasteiger partial charge in [0.15, 0.2) is 6.10 Å². The Kier molecular flexibility index (Phi) is 3.59. The number of imidazole rings is 1. The molecule has 2 aromatic rings. The van der Waals surface area contributed by atoms with Gasteiger partial charge < -0.3 is 19.9 Å². The predicted octanol–water partition coefficient (Wildman–Crippen LogP) is 0.894. The summed E-state index contributed by atoms with van der Waals surface area (Å²) in [5, 5.41) is 6.22. The fourth-order valence-electron chi connectivity index (χ4n) is 3.36. The minimum Gasteiger partial charge on any atom is -0.352 e. The molecule has 23 heavy (non-hydrogen) atoms. The Morgan fingerprint density at radius 2 is 2.26 bits per heavy atom. The normalized spacial score (nSPS) is 22.5. The van der Waals surface area contributed by atoms with Gasteiger partial charge in [0.25, 0.3) is 5.91 Å². The van der Waals surface area contributed by atoms with Crippen molar-refractivity contribution in [3.63, 3.8) is 0 Å². The molecule has 1 unspecified atom stereocenters. The molecule has 1 amide bonds. The van der Waals surface area contributed by atoms with Gasteiger partial charge in [-0.25, -0.2) is 4.98 Å². The number of fused-ring (bicyclic) bond motifs is 2. The molecule has 0 aromatic carbocycles. The number of amides is 1. The first-order valence-electron chi connectivity index (χ1n) is 7.88. The lowest BCUT2D eigenvalue weighted by molar-refractivity contribution is -0.163. The first kappa shape index (κ1) is 14.3. The van der Waals surface area contributed by atoms with E-state index in [1.807, 2.05) is 16.8 Å². The van der Waals surface area contributed by atoms with Gasteiger partial charge in [-0.15, -0.1) is 0 Å². The SMILES string of the molecule is O=C(Nc1cccnc1)C1Cn2ccnc2C2(CCNCC2)O1. The molecular formula is C16H19N5O2. The number of nitrogens with zero attached hydrogens (tertiary/aromatic N) is 3. The standard InChI is InChI=1S/C16H19N5O2/c22-14(20-12-2-1-5-18-10-12)13-11-21-9-8-19-15(21)16(23-13)3-6-17-7-4-16/h1-2,5,8-10,13,17H,3-4,6-7,11H2,(H,20,22). The molecule has 0 radical (unpaired) electrons. The molecule has 1 fully saturated rings. The van der Waals surface area contributed by atoms with Gasteiger partial charge in [-0.3, -0.25) is 9.78 Å². The van der Waals surface area contributed by atoms with E-state index in [-0.39, 0.29) is 5.91 Å². The molecule has 4 heterocycles. The van der Waals surface area contributed by atoms with Crippen molar-refractivity contribution in [3.8, 4) is 0 Å². The third-order valence-electron chi connectivity index (χ3n) is 4.49. The van der Waals surface area contributed by atoms with Gasteiger partial charge in [-0.1, -0.05) is 0 Å². The molecule has 120 valence electrons. The number of aromatic nitrogens is 3. The minimum atomic E-state index is -0.532. The van der Waals surface area contributed by atoms with Gasteiger partial charge in [-0.05, 0) is 38.1 Å². The number of nitrogens with one attached hydrogen (secondary N) is 2.